The number of morpholine rings is 1. The van der Waals surface area contributed by atoms with E-state index in [-0.39, 0.29) is 42.6 Å². The number of nitrogens with zero attached hydrogens (tertiary/aromatic N) is 1. The maximum Gasteiger partial charge on any atom is 0.223 e. The molecule has 1 saturated heterocycles. The molecule has 0 aliphatic carbocycles. The van der Waals surface area contributed by atoms with Crippen LogP contribution in [0.5, 0.6) is 0 Å². The molecule has 1 aliphatic rings. The third-order valence-electron chi connectivity index (χ3n) is 3.98. The molecule has 124 valence electrons. The Morgan fingerprint density at radius 3 is 2.29 bits per heavy atom. The van der Waals surface area contributed by atoms with Gasteiger partial charge in [0.2, 0.25) is 11.8 Å². The van der Waals surface area contributed by atoms with Gasteiger partial charge in [0.05, 0.1) is 13.2 Å². The van der Waals surface area contributed by atoms with Crippen molar-refractivity contribution in [2.24, 2.45) is 5.73 Å². The molecule has 0 aromatic heterocycles. The summed E-state index contributed by atoms with van der Waals surface area (Å²) in [6.07, 6.45) is 2.11. The van der Waals surface area contributed by atoms with Crippen molar-refractivity contribution in [3.05, 3.63) is 0 Å². The van der Waals surface area contributed by atoms with Crippen molar-refractivity contribution in [2.75, 3.05) is 32.8 Å². The normalized spacial score (nSPS) is 15.3. The van der Waals surface area contributed by atoms with Crippen molar-refractivity contribution in [1.82, 2.24) is 10.2 Å². The van der Waals surface area contributed by atoms with Crippen LogP contribution in [0, 0.1) is 0 Å². The van der Waals surface area contributed by atoms with Crippen molar-refractivity contribution in [2.45, 2.75) is 45.1 Å². The molecule has 21 heavy (non-hydrogen) atoms. The SMILES string of the molecule is CCC(N)(CC)CNC(=O)CCC(=O)N1CCOCC1.Cl. The van der Waals surface area contributed by atoms with E-state index < -0.39 is 0 Å². The Balaban J connectivity index is 0.00000400. The highest BCUT2D eigenvalue weighted by Crippen LogP contribution is 2.09. The van der Waals surface area contributed by atoms with Crippen LogP contribution >= 0.6 is 12.4 Å². The van der Waals surface area contributed by atoms with Crippen LogP contribution in [0.2, 0.25) is 0 Å². The van der Waals surface area contributed by atoms with Crippen molar-refractivity contribution in [1.29, 1.82) is 0 Å². The Morgan fingerprint density at radius 2 is 1.76 bits per heavy atom. The molecule has 2 amide bonds. The minimum absolute atomic E-state index is 0. The van der Waals surface area contributed by atoms with Gasteiger partial charge in [-0.3, -0.25) is 9.59 Å². The maximum absolute atomic E-state index is 11.9. The van der Waals surface area contributed by atoms with Gasteiger partial charge < -0.3 is 20.7 Å². The number of hydrogen-bond acceptors (Lipinski definition) is 4. The summed E-state index contributed by atoms with van der Waals surface area (Å²) < 4.78 is 5.19. The van der Waals surface area contributed by atoms with Gasteiger partial charge in [-0.1, -0.05) is 13.8 Å². The second kappa shape index (κ2) is 9.97. The summed E-state index contributed by atoms with van der Waals surface area (Å²) in [5.74, 6) is -0.0863. The van der Waals surface area contributed by atoms with Crippen LogP contribution in [-0.2, 0) is 14.3 Å². The summed E-state index contributed by atoms with van der Waals surface area (Å²) in [6, 6.07) is 0. The standard InChI is InChI=1S/C14H27N3O3.ClH/c1-3-14(15,4-2)11-16-12(18)5-6-13(19)17-7-9-20-10-8-17;/h3-11,15H2,1-2H3,(H,16,18);1H. The number of carbonyl (C=O) groups is 2. The van der Waals surface area contributed by atoms with Gasteiger partial charge in [0, 0.05) is 38.0 Å². The van der Waals surface area contributed by atoms with Crippen LogP contribution in [0.1, 0.15) is 39.5 Å². The summed E-state index contributed by atoms with van der Waals surface area (Å²) in [7, 11) is 0. The van der Waals surface area contributed by atoms with E-state index >= 15 is 0 Å². The third kappa shape index (κ3) is 7.11. The zero-order chi connectivity index (χ0) is 15.0. The van der Waals surface area contributed by atoms with Crippen molar-refractivity contribution in [3.63, 3.8) is 0 Å². The van der Waals surface area contributed by atoms with Crippen LogP contribution in [-0.4, -0.2) is 55.1 Å². The van der Waals surface area contributed by atoms with Gasteiger partial charge in [0.15, 0.2) is 0 Å². The molecule has 0 aromatic rings. The molecule has 0 aromatic carbocycles. The van der Waals surface area contributed by atoms with Crippen molar-refractivity contribution >= 4 is 24.2 Å². The molecule has 1 rings (SSSR count). The fourth-order valence-electron chi connectivity index (χ4n) is 2.05. The minimum atomic E-state index is -0.343. The van der Waals surface area contributed by atoms with Gasteiger partial charge in [-0.15, -0.1) is 12.4 Å². The molecule has 3 N–H and O–H groups in total. The van der Waals surface area contributed by atoms with Crippen LogP contribution in [0.15, 0.2) is 0 Å². The summed E-state index contributed by atoms with van der Waals surface area (Å²) in [6.45, 7) is 6.90. The van der Waals surface area contributed by atoms with Gasteiger partial charge in [-0.25, -0.2) is 0 Å². The number of ether oxygens (including phenoxy) is 1. The largest absolute Gasteiger partial charge is 0.378 e. The van der Waals surface area contributed by atoms with E-state index in [1.165, 1.54) is 0 Å². The number of nitrogens with two attached hydrogens (primary N) is 1. The lowest BCUT2D eigenvalue weighted by Crippen LogP contribution is -2.49. The van der Waals surface area contributed by atoms with E-state index in [0.717, 1.165) is 12.8 Å². The van der Waals surface area contributed by atoms with E-state index in [9.17, 15) is 9.59 Å². The number of rotatable bonds is 7. The van der Waals surface area contributed by atoms with Gasteiger partial charge in [0.1, 0.15) is 0 Å². The maximum atomic E-state index is 11.9. The molecule has 0 bridgehead atoms. The Bertz CT molecular complexity index is 329. The highest BCUT2D eigenvalue weighted by atomic mass is 35.5. The Labute approximate surface area is 133 Å². The highest BCUT2D eigenvalue weighted by Gasteiger charge is 2.22. The predicted octanol–water partition coefficient (Wildman–Crippen LogP) is 0.681. The monoisotopic (exact) mass is 321 g/mol. The van der Waals surface area contributed by atoms with E-state index in [4.69, 9.17) is 10.5 Å². The zero-order valence-corrected chi connectivity index (χ0v) is 13.8. The first-order valence-electron chi connectivity index (χ1n) is 7.42. The predicted molar refractivity (Wildman–Crippen MR) is 84.4 cm³/mol. The molecular formula is C14H28ClN3O3. The number of hydrogen-bond donors (Lipinski definition) is 2. The van der Waals surface area contributed by atoms with Gasteiger partial charge in [-0.05, 0) is 12.8 Å². The second-order valence-electron chi connectivity index (χ2n) is 5.34. The molecule has 1 heterocycles. The highest BCUT2D eigenvalue weighted by molar-refractivity contribution is 5.85. The fraction of sp³-hybridized carbons (Fsp3) is 0.857. The lowest BCUT2D eigenvalue weighted by atomic mass is 9.94. The quantitative estimate of drug-likeness (QED) is 0.722. The van der Waals surface area contributed by atoms with Crippen molar-refractivity contribution < 1.29 is 14.3 Å². The molecule has 0 unspecified atom stereocenters. The molecule has 6 nitrogen and oxygen atoms in total. The van der Waals surface area contributed by atoms with Gasteiger partial charge >= 0.3 is 0 Å². The summed E-state index contributed by atoms with van der Waals surface area (Å²) in [4.78, 5) is 25.4. The van der Waals surface area contributed by atoms with Crippen LogP contribution in [0.4, 0.5) is 0 Å². The molecule has 1 aliphatic heterocycles. The molecule has 0 radical (unpaired) electrons. The molecular weight excluding hydrogens is 294 g/mol. The average Bonchev–Trinajstić information content (AvgIpc) is 2.51. The molecule has 0 atom stereocenters. The number of carbonyl (C=O) groups excluding carboxylic acids is 2. The Morgan fingerprint density at radius 1 is 1.19 bits per heavy atom. The number of halogens is 1. The first kappa shape index (κ1) is 20.1. The fourth-order valence-corrected chi connectivity index (χ4v) is 2.05. The average molecular weight is 322 g/mol. The number of nitrogens with one attached hydrogen (secondary N) is 1. The van der Waals surface area contributed by atoms with E-state index in [1.807, 2.05) is 13.8 Å². The van der Waals surface area contributed by atoms with Crippen molar-refractivity contribution in [3.8, 4) is 0 Å². The summed E-state index contributed by atoms with van der Waals surface area (Å²) >= 11 is 0. The van der Waals surface area contributed by atoms with Crippen LogP contribution in [0.3, 0.4) is 0 Å². The summed E-state index contributed by atoms with van der Waals surface area (Å²) in [5, 5.41) is 2.82. The smallest absolute Gasteiger partial charge is 0.223 e. The van der Waals surface area contributed by atoms with Crippen LogP contribution < -0.4 is 11.1 Å². The third-order valence-corrected chi connectivity index (χ3v) is 3.98. The molecule has 1 fully saturated rings. The van der Waals surface area contributed by atoms with Gasteiger partial charge in [0.25, 0.3) is 0 Å². The molecule has 0 spiro atoms. The van der Waals surface area contributed by atoms with Gasteiger partial charge in [-0.2, -0.15) is 0 Å². The molecule has 0 saturated carbocycles. The minimum Gasteiger partial charge on any atom is -0.378 e. The van der Waals surface area contributed by atoms with E-state index in [2.05, 4.69) is 5.32 Å². The van der Waals surface area contributed by atoms with Crippen LogP contribution in [0.25, 0.3) is 0 Å². The Kier molecular flexibility index (Phi) is 9.57. The Hall–Kier alpha value is -0.850. The van der Waals surface area contributed by atoms with E-state index in [1.54, 1.807) is 4.90 Å². The first-order valence-corrected chi connectivity index (χ1v) is 7.42. The first-order chi connectivity index (χ1) is 9.50. The summed E-state index contributed by atoms with van der Waals surface area (Å²) in [5.41, 5.74) is 5.77. The zero-order valence-electron chi connectivity index (χ0n) is 13.0. The topological polar surface area (TPSA) is 84.7 Å². The number of amides is 2. The second-order valence-corrected chi connectivity index (χ2v) is 5.34. The van der Waals surface area contributed by atoms with E-state index in [0.29, 0.717) is 32.8 Å². The lowest BCUT2D eigenvalue weighted by molar-refractivity contribution is -0.137. The lowest BCUT2D eigenvalue weighted by Gasteiger charge is -2.27. The molecule has 7 heteroatoms.